The summed E-state index contributed by atoms with van der Waals surface area (Å²) in [5, 5.41) is 2.75. The minimum Gasteiger partial charge on any atom is -0.497 e. The summed E-state index contributed by atoms with van der Waals surface area (Å²) in [5.41, 5.74) is 0.994. The van der Waals surface area contributed by atoms with Crippen LogP contribution in [0.5, 0.6) is 17.2 Å². The number of ether oxygens (including phenoxy) is 2. The molecule has 43 heavy (non-hydrogen) atoms. The van der Waals surface area contributed by atoms with Gasteiger partial charge in [0.05, 0.1) is 17.7 Å². The summed E-state index contributed by atoms with van der Waals surface area (Å²) < 4.78 is 40.1. The molecule has 4 aromatic carbocycles. The highest BCUT2D eigenvalue weighted by Crippen LogP contribution is 2.28. The lowest BCUT2D eigenvalue weighted by atomic mass is 10.1. The molecule has 1 unspecified atom stereocenters. The number of likely N-dealkylation sites (N-methyl/N-ethyl adjacent to an activating group) is 1. The van der Waals surface area contributed by atoms with Crippen molar-refractivity contribution >= 4 is 27.5 Å². The Morgan fingerprint density at radius 1 is 0.814 bits per heavy atom. The van der Waals surface area contributed by atoms with Crippen molar-refractivity contribution in [3.05, 3.63) is 115 Å². The first-order valence-electron chi connectivity index (χ1n) is 13.8. The van der Waals surface area contributed by atoms with Crippen LogP contribution < -0.4 is 19.1 Å². The fraction of sp³-hybridized carbons (Fsp3) is 0.212. The smallest absolute Gasteiger partial charge is 0.264 e. The predicted octanol–water partition coefficient (Wildman–Crippen LogP) is 5.24. The molecule has 0 aliphatic heterocycles. The molecule has 9 nitrogen and oxygen atoms in total. The van der Waals surface area contributed by atoms with E-state index in [4.69, 9.17) is 9.47 Å². The van der Waals surface area contributed by atoms with E-state index in [1.54, 1.807) is 81.6 Å². The van der Waals surface area contributed by atoms with Gasteiger partial charge in [-0.05, 0) is 80.1 Å². The zero-order valence-electron chi connectivity index (χ0n) is 24.3. The molecule has 4 rings (SSSR count). The van der Waals surface area contributed by atoms with Gasteiger partial charge in [-0.25, -0.2) is 8.42 Å². The molecule has 0 saturated carbocycles. The van der Waals surface area contributed by atoms with Gasteiger partial charge in [0.15, 0.2) is 0 Å². The average Bonchev–Trinajstić information content (AvgIpc) is 3.03. The number of para-hydroxylation sites is 1. The van der Waals surface area contributed by atoms with Crippen LogP contribution in [0.2, 0.25) is 0 Å². The molecule has 10 heteroatoms. The van der Waals surface area contributed by atoms with Gasteiger partial charge in [0.1, 0.15) is 29.8 Å². The molecule has 0 bridgehead atoms. The second-order valence-electron chi connectivity index (χ2n) is 9.68. The Labute approximate surface area is 252 Å². The maximum atomic E-state index is 14.0. The van der Waals surface area contributed by atoms with Crippen molar-refractivity contribution in [1.82, 2.24) is 10.2 Å². The molecule has 1 N–H and O–H groups in total. The fourth-order valence-corrected chi connectivity index (χ4v) is 5.86. The first kappa shape index (κ1) is 31.1. The lowest BCUT2D eigenvalue weighted by molar-refractivity contribution is -0.139. The molecule has 224 valence electrons. The van der Waals surface area contributed by atoms with Crippen molar-refractivity contribution in [2.75, 3.05) is 24.5 Å². The molecule has 0 aliphatic carbocycles. The van der Waals surface area contributed by atoms with Crippen LogP contribution >= 0.6 is 0 Å². The Bertz CT molecular complexity index is 1610. The van der Waals surface area contributed by atoms with Gasteiger partial charge >= 0.3 is 0 Å². The van der Waals surface area contributed by atoms with Crippen LogP contribution in [0.3, 0.4) is 0 Å². The number of nitrogens with zero attached hydrogens (tertiary/aromatic N) is 2. The Morgan fingerprint density at radius 3 is 2.05 bits per heavy atom. The van der Waals surface area contributed by atoms with Crippen LogP contribution in [0.15, 0.2) is 114 Å². The summed E-state index contributed by atoms with van der Waals surface area (Å²) in [4.78, 5) is 28.3. The number of hydrogen-bond donors (Lipinski definition) is 1. The number of sulfonamides is 1. The van der Waals surface area contributed by atoms with Gasteiger partial charge in [-0.15, -0.1) is 0 Å². The summed E-state index contributed by atoms with van der Waals surface area (Å²) in [5.74, 6) is 0.834. The Hall–Kier alpha value is -4.83. The zero-order valence-corrected chi connectivity index (χ0v) is 25.2. The normalized spacial score (nSPS) is 11.7. The van der Waals surface area contributed by atoms with Gasteiger partial charge in [0.25, 0.3) is 10.0 Å². The molecular weight excluding hydrogens is 566 g/mol. The topological polar surface area (TPSA) is 105 Å². The quantitative estimate of drug-likeness (QED) is 0.225. The van der Waals surface area contributed by atoms with Crippen LogP contribution in [-0.4, -0.2) is 51.4 Å². The van der Waals surface area contributed by atoms with E-state index in [9.17, 15) is 18.0 Å². The van der Waals surface area contributed by atoms with Crippen molar-refractivity contribution in [1.29, 1.82) is 0 Å². The second-order valence-corrected chi connectivity index (χ2v) is 11.5. The van der Waals surface area contributed by atoms with Crippen molar-refractivity contribution in [3.63, 3.8) is 0 Å². The number of nitrogens with one attached hydrogen (secondary N) is 1. The highest BCUT2D eigenvalue weighted by atomic mass is 32.2. The first-order valence-corrected chi connectivity index (χ1v) is 15.3. The number of rotatable bonds is 13. The molecule has 0 fully saturated rings. The minimum absolute atomic E-state index is 0.0310. The molecule has 0 saturated heterocycles. The summed E-state index contributed by atoms with van der Waals surface area (Å²) in [7, 11) is -2.63. The molecule has 0 spiro atoms. The molecule has 1 atom stereocenters. The largest absolute Gasteiger partial charge is 0.497 e. The molecule has 0 aromatic heterocycles. The highest BCUT2D eigenvalue weighted by Gasteiger charge is 2.32. The maximum Gasteiger partial charge on any atom is 0.264 e. The van der Waals surface area contributed by atoms with Crippen LogP contribution in [0.4, 0.5) is 5.69 Å². The van der Waals surface area contributed by atoms with Gasteiger partial charge in [-0.3, -0.25) is 13.9 Å². The third-order valence-corrected chi connectivity index (χ3v) is 8.51. The van der Waals surface area contributed by atoms with Gasteiger partial charge in [-0.1, -0.05) is 48.5 Å². The Morgan fingerprint density at radius 2 is 1.42 bits per heavy atom. The summed E-state index contributed by atoms with van der Waals surface area (Å²) >= 11 is 0. The average molecular weight is 602 g/mol. The molecule has 0 heterocycles. The van der Waals surface area contributed by atoms with Crippen LogP contribution in [0.25, 0.3) is 0 Å². The number of amides is 2. The van der Waals surface area contributed by atoms with E-state index < -0.39 is 28.5 Å². The van der Waals surface area contributed by atoms with E-state index in [0.717, 1.165) is 9.87 Å². The van der Waals surface area contributed by atoms with Crippen LogP contribution in [0, 0.1) is 0 Å². The van der Waals surface area contributed by atoms with E-state index in [1.807, 2.05) is 36.4 Å². The lowest BCUT2D eigenvalue weighted by Gasteiger charge is -2.32. The zero-order chi connectivity index (χ0) is 30.8. The van der Waals surface area contributed by atoms with Crippen LogP contribution in [0.1, 0.15) is 19.4 Å². The summed E-state index contributed by atoms with van der Waals surface area (Å²) in [6, 6.07) is 29.9. The van der Waals surface area contributed by atoms with Gasteiger partial charge in [-0.2, -0.15) is 0 Å². The van der Waals surface area contributed by atoms with Gasteiger partial charge in [0, 0.05) is 13.1 Å². The van der Waals surface area contributed by atoms with Gasteiger partial charge in [0.2, 0.25) is 11.8 Å². The fourth-order valence-electron chi connectivity index (χ4n) is 4.43. The van der Waals surface area contributed by atoms with Crippen LogP contribution in [-0.2, 0) is 26.2 Å². The molecule has 0 radical (unpaired) electrons. The van der Waals surface area contributed by atoms with E-state index in [2.05, 4.69) is 5.32 Å². The number of anilines is 1. The highest BCUT2D eigenvalue weighted by molar-refractivity contribution is 7.92. The Balaban J connectivity index is 1.69. The van der Waals surface area contributed by atoms with E-state index in [0.29, 0.717) is 23.8 Å². The summed E-state index contributed by atoms with van der Waals surface area (Å²) in [6.45, 7) is 3.32. The first-order chi connectivity index (χ1) is 20.7. The number of carbonyl (C=O) groups is 2. The maximum absolute atomic E-state index is 14.0. The van der Waals surface area contributed by atoms with Crippen molar-refractivity contribution < 1.29 is 27.5 Å². The number of methoxy groups -OCH3 is 1. The van der Waals surface area contributed by atoms with Gasteiger partial charge < -0.3 is 19.7 Å². The number of carbonyl (C=O) groups excluding carboxylic acids is 2. The minimum atomic E-state index is -4.17. The lowest BCUT2D eigenvalue weighted by Crippen LogP contribution is -2.51. The van der Waals surface area contributed by atoms with E-state index >= 15 is 0 Å². The predicted molar refractivity (Wildman–Crippen MR) is 166 cm³/mol. The SMILES string of the molecule is CCNC(=O)C(C)N(Cc1cccc(OC)c1)C(=O)CN(c1ccc(Oc2ccccc2)cc1)S(=O)(=O)c1ccccc1. The standard InChI is InChI=1S/C33H35N3O6S/c1-4-34-33(38)25(2)35(23-26-12-11-15-30(22-26)41-3)32(37)24-36(43(39,40)31-16-9-6-10-17-31)27-18-20-29(21-19-27)42-28-13-7-5-8-14-28/h5-22,25H,4,23-24H2,1-3H3,(H,34,38). The monoisotopic (exact) mass is 601 g/mol. The summed E-state index contributed by atoms with van der Waals surface area (Å²) in [6.07, 6.45) is 0. The van der Waals surface area contributed by atoms with Crippen molar-refractivity contribution in [2.45, 2.75) is 31.3 Å². The van der Waals surface area contributed by atoms with E-state index in [1.165, 1.54) is 17.0 Å². The third kappa shape index (κ3) is 7.92. The third-order valence-electron chi connectivity index (χ3n) is 6.72. The van der Waals surface area contributed by atoms with Crippen molar-refractivity contribution in [2.24, 2.45) is 0 Å². The molecule has 4 aromatic rings. The molecule has 2 amide bonds. The second kappa shape index (κ2) is 14.4. The van der Waals surface area contributed by atoms with Crippen molar-refractivity contribution in [3.8, 4) is 17.2 Å². The van der Waals surface area contributed by atoms with E-state index in [-0.39, 0.29) is 23.0 Å². The number of hydrogen-bond acceptors (Lipinski definition) is 6. The molecular formula is C33H35N3O6S. The molecule has 0 aliphatic rings. The number of benzene rings is 4. The Kier molecular flexibility index (Phi) is 10.4.